The summed E-state index contributed by atoms with van der Waals surface area (Å²) in [6.45, 7) is 0.195. The summed E-state index contributed by atoms with van der Waals surface area (Å²) >= 11 is 0.443. The van der Waals surface area contributed by atoms with Gasteiger partial charge in [-0.2, -0.15) is 4.72 Å². The molecule has 0 atom stereocenters. The fraction of sp³-hybridized carbons (Fsp3) is 0.438. The van der Waals surface area contributed by atoms with E-state index in [1.54, 1.807) is 6.92 Å². The smallest absolute Gasteiger partial charge is 0.335 e. The zero-order valence-electron chi connectivity index (χ0n) is 15.8. The van der Waals surface area contributed by atoms with Crippen molar-refractivity contribution in [2.24, 2.45) is 0 Å². The van der Waals surface area contributed by atoms with E-state index in [1.807, 2.05) is 0 Å². The SMILES string of the molecule is CCn1c(=O)n(-c2nnc(C(F)F)s2)c2cc(S(=O)(=O)NC3(CF)COC3)c(F)cc21. The van der Waals surface area contributed by atoms with Crippen LogP contribution in [0.3, 0.4) is 0 Å². The van der Waals surface area contributed by atoms with Crippen molar-refractivity contribution in [2.75, 3.05) is 19.9 Å². The second-order valence-electron chi connectivity index (χ2n) is 6.87. The van der Waals surface area contributed by atoms with Gasteiger partial charge in [0.05, 0.1) is 24.2 Å². The van der Waals surface area contributed by atoms with Gasteiger partial charge in [0.25, 0.3) is 6.43 Å². The average Bonchev–Trinajstić information content (AvgIpc) is 3.26. The summed E-state index contributed by atoms with van der Waals surface area (Å²) in [5, 5.41) is 6.06. The highest BCUT2D eigenvalue weighted by Crippen LogP contribution is 2.29. The number of benzene rings is 1. The number of aromatic nitrogens is 4. The predicted molar refractivity (Wildman–Crippen MR) is 101 cm³/mol. The highest BCUT2D eigenvalue weighted by molar-refractivity contribution is 7.89. The molecular weight excluding hydrogens is 466 g/mol. The van der Waals surface area contributed by atoms with Gasteiger partial charge >= 0.3 is 5.69 Å². The Morgan fingerprint density at radius 1 is 1.29 bits per heavy atom. The molecule has 1 N–H and O–H groups in total. The first-order chi connectivity index (χ1) is 14.6. The number of sulfonamides is 1. The third kappa shape index (κ3) is 3.54. The van der Waals surface area contributed by atoms with Crippen LogP contribution in [0.25, 0.3) is 16.2 Å². The van der Waals surface area contributed by atoms with E-state index in [9.17, 15) is 30.8 Å². The Morgan fingerprint density at radius 3 is 2.52 bits per heavy atom. The molecule has 0 amide bonds. The average molecular weight is 481 g/mol. The number of imidazole rings is 1. The molecular formula is C16H15F4N5O4S2. The molecule has 1 aromatic carbocycles. The van der Waals surface area contributed by atoms with E-state index < -0.39 is 50.1 Å². The number of ether oxygens (including phenoxy) is 1. The summed E-state index contributed by atoms with van der Waals surface area (Å²) in [4.78, 5) is 12.0. The van der Waals surface area contributed by atoms with Gasteiger partial charge in [-0.25, -0.2) is 35.3 Å². The molecule has 0 unspecified atom stereocenters. The second kappa shape index (κ2) is 7.65. The van der Waals surface area contributed by atoms with Gasteiger partial charge in [0, 0.05) is 12.6 Å². The lowest BCUT2D eigenvalue weighted by Gasteiger charge is -2.39. The molecule has 4 rings (SSSR count). The lowest BCUT2D eigenvalue weighted by Crippen LogP contribution is -2.63. The molecule has 0 radical (unpaired) electrons. The van der Waals surface area contributed by atoms with Crippen molar-refractivity contribution in [1.82, 2.24) is 24.1 Å². The molecule has 3 heterocycles. The van der Waals surface area contributed by atoms with Crippen molar-refractivity contribution < 1.29 is 30.7 Å². The molecule has 9 nitrogen and oxygen atoms in total. The number of alkyl halides is 3. The summed E-state index contributed by atoms with van der Waals surface area (Å²) in [6.07, 6.45) is -2.92. The van der Waals surface area contributed by atoms with E-state index in [1.165, 1.54) is 0 Å². The zero-order chi connectivity index (χ0) is 22.6. The molecule has 2 aromatic heterocycles. The lowest BCUT2D eigenvalue weighted by atomic mass is 10.0. The van der Waals surface area contributed by atoms with Gasteiger partial charge in [-0.05, 0) is 13.0 Å². The third-order valence-electron chi connectivity index (χ3n) is 4.76. The maximum atomic E-state index is 14.8. The summed E-state index contributed by atoms with van der Waals surface area (Å²) in [6, 6.07) is 1.73. The maximum Gasteiger partial charge on any atom is 0.335 e. The van der Waals surface area contributed by atoms with Crippen molar-refractivity contribution in [3.63, 3.8) is 0 Å². The highest BCUT2D eigenvalue weighted by Gasteiger charge is 2.43. The fourth-order valence-electron chi connectivity index (χ4n) is 3.21. The molecule has 0 saturated carbocycles. The van der Waals surface area contributed by atoms with E-state index in [0.29, 0.717) is 11.3 Å². The minimum Gasteiger partial charge on any atom is -0.377 e. The summed E-state index contributed by atoms with van der Waals surface area (Å²) in [5.41, 5.74) is -2.28. The Kier molecular flexibility index (Phi) is 5.39. The van der Waals surface area contributed by atoms with Gasteiger partial charge in [-0.1, -0.05) is 11.3 Å². The standard InChI is InChI=1S/C16H15F4N5O4S2/c1-2-24-9-3-8(18)11(31(27,28)23-16(5-17)6-29-7-16)4-10(9)25(15(24)26)14-22-21-13(30-14)12(19)20/h3-4,12,23H,2,5-7H2,1H3. The molecule has 1 aliphatic rings. The Bertz CT molecular complexity index is 1310. The van der Waals surface area contributed by atoms with Crippen molar-refractivity contribution >= 4 is 32.4 Å². The van der Waals surface area contributed by atoms with Crippen LogP contribution in [0.1, 0.15) is 18.4 Å². The van der Waals surface area contributed by atoms with Crippen molar-refractivity contribution in [1.29, 1.82) is 0 Å². The first-order valence-electron chi connectivity index (χ1n) is 8.87. The first kappa shape index (κ1) is 21.9. The van der Waals surface area contributed by atoms with Crippen LogP contribution in [0, 0.1) is 5.82 Å². The largest absolute Gasteiger partial charge is 0.377 e. The highest BCUT2D eigenvalue weighted by atomic mass is 32.2. The number of nitrogens with zero attached hydrogens (tertiary/aromatic N) is 4. The number of fused-ring (bicyclic) bond motifs is 1. The van der Waals surface area contributed by atoms with Crippen LogP contribution in [0.15, 0.2) is 21.8 Å². The minimum absolute atomic E-state index is 0.0323. The normalized spacial score (nSPS) is 16.2. The van der Waals surface area contributed by atoms with Crippen LogP contribution < -0.4 is 10.4 Å². The van der Waals surface area contributed by atoms with E-state index in [0.717, 1.165) is 21.3 Å². The van der Waals surface area contributed by atoms with Crippen molar-refractivity contribution in [2.45, 2.75) is 30.3 Å². The molecule has 0 spiro atoms. The van der Waals surface area contributed by atoms with Gasteiger partial charge in [-0.15, -0.1) is 10.2 Å². The third-order valence-corrected chi connectivity index (χ3v) is 7.27. The number of halogens is 4. The number of rotatable bonds is 7. The molecule has 1 saturated heterocycles. The van der Waals surface area contributed by atoms with Gasteiger partial charge in [-0.3, -0.25) is 4.57 Å². The van der Waals surface area contributed by atoms with Crippen LogP contribution in [0.2, 0.25) is 0 Å². The second-order valence-corrected chi connectivity index (χ2v) is 9.51. The van der Waals surface area contributed by atoms with E-state index in [4.69, 9.17) is 4.74 Å². The van der Waals surface area contributed by atoms with Gasteiger partial charge in [0.2, 0.25) is 15.2 Å². The monoisotopic (exact) mass is 481 g/mol. The maximum absolute atomic E-state index is 14.8. The molecule has 0 bridgehead atoms. The van der Waals surface area contributed by atoms with Crippen LogP contribution >= 0.6 is 11.3 Å². The molecule has 15 heteroatoms. The van der Waals surface area contributed by atoms with E-state index in [2.05, 4.69) is 14.9 Å². The quantitative estimate of drug-likeness (QED) is 0.516. The van der Waals surface area contributed by atoms with Crippen LogP contribution in [0.4, 0.5) is 17.6 Å². The minimum atomic E-state index is -4.55. The van der Waals surface area contributed by atoms with Crippen LogP contribution in [-0.2, 0) is 21.3 Å². The Hall–Kier alpha value is -2.36. The molecule has 1 fully saturated rings. The first-order valence-corrected chi connectivity index (χ1v) is 11.2. The van der Waals surface area contributed by atoms with Crippen LogP contribution in [0.5, 0.6) is 0 Å². The topological polar surface area (TPSA) is 108 Å². The van der Waals surface area contributed by atoms with Gasteiger partial charge in [0.1, 0.15) is 22.9 Å². The zero-order valence-corrected chi connectivity index (χ0v) is 17.4. The summed E-state index contributed by atoms with van der Waals surface area (Å²) in [5.74, 6) is -1.17. The molecule has 3 aromatic rings. The van der Waals surface area contributed by atoms with Gasteiger partial charge < -0.3 is 4.74 Å². The van der Waals surface area contributed by atoms with Crippen LogP contribution in [-0.4, -0.2) is 53.2 Å². The number of hydrogen-bond donors (Lipinski definition) is 1. The Balaban J connectivity index is 1.91. The molecule has 1 aliphatic heterocycles. The summed E-state index contributed by atoms with van der Waals surface area (Å²) in [7, 11) is -4.55. The Morgan fingerprint density at radius 2 is 2.00 bits per heavy atom. The van der Waals surface area contributed by atoms with E-state index in [-0.39, 0.29) is 35.9 Å². The Labute approximate surface area is 176 Å². The molecule has 31 heavy (non-hydrogen) atoms. The molecule has 0 aliphatic carbocycles. The predicted octanol–water partition coefficient (Wildman–Crippen LogP) is 1.76. The number of aryl methyl sites for hydroxylation is 1. The van der Waals surface area contributed by atoms with Crippen molar-refractivity contribution in [3.05, 3.63) is 33.4 Å². The number of nitrogens with one attached hydrogen (secondary N) is 1. The number of hydrogen-bond acceptors (Lipinski definition) is 7. The van der Waals surface area contributed by atoms with E-state index >= 15 is 0 Å². The lowest BCUT2D eigenvalue weighted by molar-refractivity contribution is -0.0725. The van der Waals surface area contributed by atoms with Gasteiger partial charge in [0.15, 0.2) is 5.01 Å². The summed E-state index contributed by atoms with van der Waals surface area (Å²) < 4.78 is 88.5. The fourth-order valence-corrected chi connectivity index (χ4v) is 5.35. The van der Waals surface area contributed by atoms with Crippen molar-refractivity contribution in [3.8, 4) is 5.13 Å². The molecule has 168 valence electrons.